The van der Waals surface area contributed by atoms with Crippen molar-refractivity contribution in [2.24, 2.45) is 0 Å². The normalized spacial score (nSPS) is 10.8. The summed E-state index contributed by atoms with van der Waals surface area (Å²) in [5.41, 5.74) is 2.47. The van der Waals surface area contributed by atoms with Gasteiger partial charge >= 0.3 is 0 Å². The fraction of sp³-hybridized carbons (Fsp3) is 0.300. The zero-order valence-electron chi connectivity index (χ0n) is 8.19. The van der Waals surface area contributed by atoms with Crippen LogP contribution in [-0.4, -0.2) is 21.6 Å². The molecule has 0 fully saturated rings. The lowest BCUT2D eigenvalue weighted by Gasteiger charge is -2.01. The minimum Gasteiger partial charge on any atom is -0.497 e. The Morgan fingerprint density at radius 3 is 3.00 bits per heavy atom. The van der Waals surface area contributed by atoms with Crippen LogP contribution in [0.2, 0.25) is 0 Å². The second-order valence-corrected chi connectivity index (χ2v) is 3.10. The van der Waals surface area contributed by atoms with Crippen molar-refractivity contribution >= 4 is 5.65 Å². The van der Waals surface area contributed by atoms with E-state index in [1.54, 1.807) is 7.11 Å². The zero-order valence-corrected chi connectivity index (χ0v) is 8.19. The largest absolute Gasteiger partial charge is 0.497 e. The summed E-state index contributed by atoms with van der Waals surface area (Å²) in [5.74, 6) is 0.770. The monoisotopic (exact) mass is 192 g/mol. The molecular formula is C10H12N2O2. The third-order valence-corrected chi connectivity index (χ3v) is 2.28. The molecule has 0 aliphatic rings. The first-order valence-corrected chi connectivity index (χ1v) is 4.38. The summed E-state index contributed by atoms with van der Waals surface area (Å²) < 4.78 is 6.95. The molecule has 4 heteroatoms. The summed E-state index contributed by atoms with van der Waals surface area (Å²) in [6.07, 6.45) is 1.85. The van der Waals surface area contributed by atoms with Crippen molar-refractivity contribution in [1.29, 1.82) is 0 Å². The van der Waals surface area contributed by atoms with Crippen LogP contribution in [0.4, 0.5) is 0 Å². The van der Waals surface area contributed by atoms with Crippen molar-refractivity contribution in [1.82, 2.24) is 9.38 Å². The molecule has 2 heterocycles. The summed E-state index contributed by atoms with van der Waals surface area (Å²) in [4.78, 5) is 4.32. The molecule has 2 aromatic rings. The van der Waals surface area contributed by atoms with Crippen molar-refractivity contribution in [2.45, 2.75) is 13.5 Å². The number of aliphatic hydroxyl groups excluding tert-OH is 1. The number of aliphatic hydroxyl groups is 1. The fourth-order valence-corrected chi connectivity index (χ4v) is 1.51. The molecule has 74 valence electrons. The quantitative estimate of drug-likeness (QED) is 0.776. The molecule has 0 atom stereocenters. The number of fused-ring (bicyclic) bond motifs is 1. The van der Waals surface area contributed by atoms with Gasteiger partial charge in [-0.25, -0.2) is 4.98 Å². The fourth-order valence-electron chi connectivity index (χ4n) is 1.51. The third kappa shape index (κ3) is 1.24. The molecule has 14 heavy (non-hydrogen) atoms. The number of hydrogen-bond donors (Lipinski definition) is 1. The van der Waals surface area contributed by atoms with Crippen molar-refractivity contribution in [3.63, 3.8) is 0 Å². The highest BCUT2D eigenvalue weighted by Gasteiger charge is 2.07. The molecule has 0 saturated carbocycles. The summed E-state index contributed by atoms with van der Waals surface area (Å²) in [6, 6.07) is 3.68. The third-order valence-electron chi connectivity index (χ3n) is 2.28. The Kier molecular flexibility index (Phi) is 2.13. The van der Waals surface area contributed by atoms with Crippen LogP contribution in [0, 0.1) is 6.92 Å². The molecule has 0 unspecified atom stereocenters. The second-order valence-electron chi connectivity index (χ2n) is 3.10. The van der Waals surface area contributed by atoms with Gasteiger partial charge in [0.05, 0.1) is 25.1 Å². The van der Waals surface area contributed by atoms with Crippen LogP contribution >= 0.6 is 0 Å². The minimum atomic E-state index is -0.000666. The molecule has 0 saturated heterocycles. The summed E-state index contributed by atoms with van der Waals surface area (Å²) in [7, 11) is 1.62. The molecule has 0 amide bonds. The van der Waals surface area contributed by atoms with Crippen molar-refractivity contribution < 1.29 is 9.84 Å². The number of methoxy groups -OCH3 is 1. The van der Waals surface area contributed by atoms with E-state index in [0.29, 0.717) is 0 Å². The average Bonchev–Trinajstić information content (AvgIpc) is 2.51. The lowest BCUT2D eigenvalue weighted by Crippen LogP contribution is -1.93. The van der Waals surface area contributed by atoms with Gasteiger partial charge in [0.25, 0.3) is 0 Å². The van der Waals surface area contributed by atoms with E-state index in [-0.39, 0.29) is 6.61 Å². The second kappa shape index (κ2) is 3.31. The molecule has 1 N–H and O–H groups in total. The molecule has 0 bridgehead atoms. The first-order chi connectivity index (χ1) is 6.76. The van der Waals surface area contributed by atoms with Gasteiger partial charge in [-0.15, -0.1) is 0 Å². The van der Waals surface area contributed by atoms with Crippen LogP contribution in [0.3, 0.4) is 0 Å². The van der Waals surface area contributed by atoms with Gasteiger partial charge in [0.1, 0.15) is 11.4 Å². The number of hydrogen-bond acceptors (Lipinski definition) is 3. The Hall–Kier alpha value is -1.55. The highest BCUT2D eigenvalue weighted by Crippen LogP contribution is 2.17. The molecule has 4 nitrogen and oxygen atoms in total. The number of nitrogens with zero attached hydrogens (tertiary/aromatic N) is 2. The predicted molar refractivity (Wildman–Crippen MR) is 52.4 cm³/mol. The Bertz CT molecular complexity index is 462. The first-order valence-electron chi connectivity index (χ1n) is 4.38. The van der Waals surface area contributed by atoms with Crippen LogP contribution in [-0.2, 0) is 6.61 Å². The van der Waals surface area contributed by atoms with Crippen LogP contribution < -0.4 is 4.74 Å². The summed E-state index contributed by atoms with van der Waals surface area (Å²) in [5, 5.41) is 9.14. The van der Waals surface area contributed by atoms with Gasteiger partial charge in [-0.2, -0.15) is 0 Å². The summed E-state index contributed by atoms with van der Waals surface area (Å²) >= 11 is 0. The SMILES string of the molecule is COc1ccn2c(CO)c(C)nc2c1. The van der Waals surface area contributed by atoms with E-state index in [0.717, 1.165) is 22.8 Å². The zero-order chi connectivity index (χ0) is 10.1. The maximum Gasteiger partial charge on any atom is 0.141 e. The minimum absolute atomic E-state index is 0.000666. The average molecular weight is 192 g/mol. The predicted octanol–water partition coefficient (Wildman–Crippen LogP) is 1.14. The molecule has 2 rings (SSSR count). The first kappa shape index (κ1) is 9.02. The van der Waals surface area contributed by atoms with Gasteiger partial charge in [-0.05, 0) is 13.0 Å². The summed E-state index contributed by atoms with van der Waals surface area (Å²) in [6.45, 7) is 1.88. The number of rotatable bonds is 2. The van der Waals surface area contributed by atoms with Crippen LogP contribution in [0.25, 0.3) is 5.65 Å². The van der Waals surface area contributed by atoms with E-state index >= 15 is 0 Å². The molecule has 2 aromatic heterocycles. The smallest absolute Gasteiger partial charge is 0.141 e. The highest BCUT2D eigenvalue weighted by atomic mass is 16.5. The van der Waals surface area contributed by atoms with Gasteiger partial charge in [-0.3, -0.25) is 0 Å². The number of imidazole rings is 1. The van der Waals surface area contributed by atoms with Crippen molar-refractivity contribution in [3.05, 3.63) is 29.7 Å². The van der Waals surface area contributed by atoms with Crippen LogP contribution in [0.1, 0.15) is 11.4 Å². The number of pyridine rings is 1. The van der Waals surface area contributed by atoms with Crippen molar-refractivity contribution in [3.8, 4) is 5.75 Å². The molecule has 0 aromatic carbocycles. The molecule has 0 aliphatic heterocycles. The van der Waals surface area contributed by atoms with E-state index in [2.05, 4.69) is 4.98 Å². The number of aryl methyl sites for hydroxylation is 1. The van der Waals surface area contributed by atoms with E-state index in [1.165, 1.54) is 0 Å². The maximum atomic E-state index is 9.14. The number of ether oxygens (including phenoxy) is 1. The lowest BCUT2D eigenvalue weighted by molar-refractivity contribution is 0.275. The Morgan fingerprint density at radius 2 is 2.36 bits per heavy atom. The van der Waals surface area contributed by atoms with Gasteiger partial charge in [0.2, 0.25) is 0 Å². The number of aromatic nitrogens is 2. The van der Waals surface area contributed by atoms with Gasteiger partial charge in [0, 0.05) is 12.3 Å². The Labute approximate surface area is 81.8 Å². The van der Waals surface area contributed by atoms with E-state index in [1.807, 2.05) is 29.7 Å². The topological polar surface area (TPSA) is 46.8 Å². The van der Waals surface area contributed by atoms with Crippen LogP contribution in [0.15, 0.2) is 18.3 Å². The standard InChI is InChI=1S/C10H12N2O2/c1-7-9(6-13)12-4-3-8(14-2)5-10(12)11-7/h3-5,13H,6H2,1-2H3. The Balaban J connectivity index is 2.68. The Morgan fingerprint density at radius 1 is 1.57 bits per heavy atom. The van der Waals surface area contributed by atoms with Gasteiger partial charge < -0.3 is 14.2 Å². The van der Waals surface area contributed by atoms with Crippen LogP contribution in [0.5, 0.6) is 5.75 Å². The maximum absolute atomic E-state index is 9.14. The lowest BCUT2D eigenvalue weighted by atomic mass is 10.3. The van der Waals surface area contributed by atoms with Gasteiger partial charge in [0.15, 0.2) is 0 Å². The molecular weight excluding hydrogens is 180 g/mol. The molecule has 0 spiro atoms. The van der Waals surface area contributed by atoms with Crippen molar-refractivity contribution in [2.75, 3.05) is 7.11 Å². The molecule has 0 aliphatic carbocycles. The molecule has 0 radical (unpaired) electrons. The van der Waals surface area contributed by atoms with E-state index in [9.17, 15) is 0 Å². The van der Waals surface area contributed by atoms with Gasteiger partial charge in [-0.1, -0.05) is 0 Å². The van der Waals surface area contributed by atoms with E-state index in [4.69, 9.17) is 9.84 Å². The highest BCUT2D eigenvalue weighted by molar-refractivity contribution is 5.47. The van der Waals surface area contributed by atoms with E-state index < -0.39 is 0 Å².